The van der Waals surface area contributed by atoms with Crippen LogP contribution in [0.15, 0.2) is 12.1 Å². The molecular formula is C25H35N9O3. The summed E-state index contributed by atoms with van der Waals surface area (Å²) in [6.45, 7) is 4.94. The molecule has 12 nitrogen and oxygen atoms in total. The maximum atomic E-state index is 12.6. The lowest BCUT2D eigenvalue weighted by Crippen LogP contribution is -2.38. The molecular weight excluding hydrogens is 474 g/mol. The molecule has 2 aliphatic rings. The molecule has 0 bridgehead atoms. The third-order valence-corrected chi connectivity index (χ3v) is 7.84. The minimum atomic E-state index is -0.342. The fourth-order valence-electron chi connectivity index (χ4n) is 5.24. The highest BCUT2D eigenvalue weighted by molar-refractivity contribution is 5.67. The fraction of sp³-hybridized carbons (Fsp3) is 0.640. The van der Waals surface area contributed by atoms with Gasteiger partial charge in [-0.2, -0.15) is 0 Å². The van der Waals surface area contributed by atoms with Gasteiger partial charge in [0.2, 0.25) is 0 Å². The third-order valence-electron chi connectivity index (χ3n) is 7.84. The number of H-pyrrole nitrogens is 1. The van der Waals surface area contributed by atoms with Gasteiger partial charge in [-0.25, -0.2) is 19.6 Å². The Kier molecular flexibility index (Phi) is 7.33. The van der Waals surface area contributed by atoms with Crippen LogP contribution in [0.3, 0.4) is 0 Å². The van der Waals surface area contributed by atoms with E-state index in [9.17, 15) is 4.79 Å². The quantitative estimate of drug-likeness (QED) is 0.484. The molecule has 2 saturated carbocycles. The van der Waals surface area contributed by atoms with Crippen molar-refractivity contribution in [3.8, 4) is 17.1 Å². The first-order chi connectivity index (χ1) is 17.9. The topological polar surface area (TPSA) is 137 Å². The Morgan fingerprint density at radius 1 is 1.22 bits per heavy atom. The highest BCUT2D eigenvalue weighted by Gasteiger charge is 2.30. The molecule has 2 aliphatic carbocycles. The summed E-state index contributed by atoms with van der Waals surface area (Å²) in [5.41, 5.74) is 2.71. The Bertz CT molecular complexity index is 1210. The molecule has 0 saturated heterocycles. The Labute approximate surface area is 216 Å². The molecule has 0 aliphatic heterocycles. The summed E-state index contributed by atoms with van der Waals surface area (Å²) in [7, 11) is 3.57. The summed E-state index contributed by atoms with van der Waals surface area (Å²) < 4.78 is 13.6. The van der Waals surface area contributed by atoms with Crippen LogP contribution in [0.25, 0.3) is 11.4 Å². The number of amides is 1. The average Bonchev–Trinajstić information content (AvgIpc) is 3.56. The maximum absolute atomic E-state index is 12.6. The van der Waals surface area contributed by atoms with Gasteiger partial charge in [-0.05, 0) is 73.4 Å². The van der Waals surface area contributed by atoms with Crippen LogP contribution in [0, 0.1) is 18.8 Å². The van der Waals surface area contributed by atoms with E-state index in [0.717, 1.165) is 49.5 Å². The number of hydrogen-bond acceptors (Lipinski definition) is 9. The van der Waals surface area contributed by atoms with E-state index in [-0.39, 0.29) is 24.7 Å². The molecule has 1 N–H and O–H groups in total. The van der Waals surface area contributed by atoms with Crippen molar-refractivity contribution in [1.82, 2.24) is 45.5 Å². The van der Waals surface area contributed by atoms with E-state index in [2.05, 4.69) is 37.9 Å². The van der Waals surface area contributed by atoms with Crippen LogP contribution in [0.5, 0.6) is 5.75 Å². The first-order valence-electron chi connectivity index (χ1n) is 13.0. The lowest BCUT2D eigenvalue weighted by molar-refractivity contribution is 0.0796. The zero-order valence-corrected chi connectivity index (χ0v) is 21.9. The smallest absolute Gasteiger partial charge is 0.409 e. The van der Waals surface area contributed by atoms with E-state index < -0.39 is 0 Å². The van der Waals surface area contributed by atoms with Crippen LogP contribution in [0.1, 0.15) is 68.6 Å². The number of tetrazole rings is 1. The molecule has 12 heteroatoms. The zero-order valence-electron chi connectivity index (χ0n) is 21.9. The lowest BCUT2D eigenvalue weighted by Gasteiger charge is -2.36. The number of aromatic nitrogens is 8. The number of rotatable bonds is 8. The summed E-state index contributed by atoms with van der Waals surface area (Å²) >= 11 is 0. The highest BCUT2D eigenvalue weighted by Crippen LogP contribution is 2.35. The summed E-state index contributed by atoms with van der Waals surface area (Å²) in [6.07, 6.45) is 6.06. The molecule has 3 heterocycles. The number of carbonyl (C=O) groups excluding carboxylic acids is 1. The molecule has 0 radical (unpaired) electrons. The maximum Gasteiger partial charge on any atom is 0.409 e. The number of nitrogens with zero attached hydrogens (tertiary/aromatic N) is 8. The monoisotopic (exact) mass is 509 g/mol. The van der Waals surface area contributed by atoms with Gasteiger partial charge in [0.1, 0.15) is 23.7 Å². The molecule has 2 unspecified atom stereocenters. The number of aryl methyl sites for hydroxylation is 2. The molecule has 0 aromatic carbocycles. The third kappa shape index (κ3) is 5.57. The van der Waals surface area contributed by atoms with E-state index in [1.807, 2.05) is 19.1 Å². The van der Waals surface area contributed by atoms with E-state index in [4.69, 9.17) is 14.5 Å². The van der Waals surface area contributed by atoms with Crippen molar-refractivity contribution < 1.29 is 14.3 Å². The van der Waals surface area contributed by atoms with Crippen LogP contribution >= 0.6 is 0 Å². The molecule has 5 rings (SSSR count). The predicted octanol–water partition coefficient (Wildman–Crippen LogP) is 3.42. The van der Waals surface area contributed by atoms with Crippen molar-refractivity contribution in [3.05, 3.63) is 29.3 Å². The van der Waals surface area contributed by atoms with Gasteiger partial charge in [-0.3, -0.25) is 0 Å². The molecule has 2 fully saturated rings. The number of carbonyl (C=O) groups is 1. The average molecular weight is 510 g/mol. The molecule has 0 spiro atoms. The molecule has 3 aromatic heterocycles. The Hall–Kier alpha value is -3.57. The molecule has 3 aromatic rings. The normalized spacial score (nSPS) is 23.4. The number of hydrogen-bond donors (Lipinski definition) is 1. The molecule has 4 atom stereocenters. The lowest BCUT2D eigenvalue weighted by atomic mass is 9.75. The van der Waals surface area contributed by atoms with Crippen molar-refractivity contribution in [1.29, 1.82) is 0 Å². The molecule has 198 valence electrons. The van der Waals surface area contributed by atoms with Gasteiger partial charge in [-0.1, -0.05) is 18.6 Å². The minimum Gasteiger partial charge on any atom is -0.489 e. The highest BCUT2D eigenvalue weighted by atomic mass is 16.6. The number of ether oxygens (including phenoxy) is 2. The molecule has 1 amide bonds. The Morgan fingerprint density at radius 2 is 2.08 bits per heavy atom. The van der Waals surface area contributed by atoms with E-state index in [0.29, 0.717) is 28.9 Å². The van der Waals surface area contributed by atoms with Crippen LogP contribution in [-0.4, -0.2) is 71.3 Å². The van der Waals surface area contributed by atoms with E-state index in [1.165, 1.54) is 12.8 Å². The van der Waals surface area contributed by atoms with Crippen molar-refractivity contribution >= 4 is 6.09 Å². The van der Waals surface area contributed by atoms with Gasteiger partial charge in [0, 0.05) is 26.6 Å². The number of aromatic amines is 1. The van der Waals surface area contributed by atoms with Crippen molar-refractivity contribution in [2.24, 2.45) is 18.9 Å². The molecule has 37 heavy (non-hydrogen) atoms. The Balaban J connectivity index is 1.22. The van der Waals surface area contributed by atoms with Crippen molar-refractivity contribution in [2.45, 2.75) is 71.0 Å². The van der Waals surface area contributed by atoms with Crippen molar-refractivity contribution in [3.63, 3.8) is 0 Å². The zero-order chi connectivity index (χ0) is 25.9. The van der Waals surface area contributed by atoms with Gasteiger partial charge in [-0.15, -0.1) is 10.2 Å². The first kappa shape index (κ1) is 25.1. The standard InChI is InChI=1S/C25H35N9O3/c1-15-8-9-18(15)13-33(3)25(35)36-14-21-23(27-32-34(21)4)20-10-11-22(16(2)26-20)37-19-7-5-6-17(12-19)24-28-30-31-29-24/h10-11,15,17-19H,5-9,12-14H2,1-4H3,(H,28,29,30,31)/t15?,17-,18?,19-/m0/s1. The summed E-state index contributed by atoms with van der Waals surface area (Å²) in [6, 6.07) is 3.80. The van der Waals surface area contributed by atoms with E-state index >= 15 is 0 Å². The fourth-order valence-corrected chi connectivity index (χ4v) is 5.24. The summed E-state index contributed by atoms with van der Waals surface area (Å²) in [5.74, 6) is 3.04. The largest absolute Gasteiger partial charge is 0.489 e. The van der Waals surface area contributed by atoms with Gasteiger partial charge >= 0.3 is 6.09 Å². The summed E-state index contributed by atoms with van der Waals surface area (Å²) in [4.78, 5) is 19.0. The van der Waals surface area contributed by atoms with Crippen LogP contribution in [-0.2, 0) is 18.4 Å². The predicted molar refractivity (Wildman–Crippen MR) is 133 cm³/mol. The van der Waals surface area contributed by atoms with E-state index in [1.54, 1.807) is 23.7 Å². The number of nitrogens with one attached hydrogen (secondary N) is 1. The van der Waals surface area contributed by atoms with Crippen LogP contribution < -0.4 is 4.74 Å². The van der Waals surface area contributed by atoms with Crippen LogP contribution in [0.4, 0.5) is 4.79 Å². The first-order valence-corrected chi connectivity index (χ1v) is 13.0. The second-order valence-electron chi connectivity index (χ2n) is 10.4. The van der Waals surface area contributed by atoms with Crippen molar-refractivity contribution in [2.75, 3.05) is 13.6 Å². The Morgan fingerprint density at radius 3 is 2.78 bits per heavy atom. The minimum absolute atomic E-state index is 0.0706. The van der Waals surface area contributed by atoms with Gasteiger partial charge in [0.05, 0.1) is 17.5 Å². The number of pyridine rings is 1. The second-order valence-corrected chi connectivity index (χ2v) is 10.4. The van der Waals surface area contributed by atoms with Gasteiger partial charge < -0.3 is 14.4 Å². The van der Waals surface area contributed by atoms with Gasteiger partial charge in [0.15, 0.2) is 5.82 Å². The SMILES string of the molecule is Cc1nc(-c2nnn(C)c2COC(=O)N(C)CC2CCC2C)ccc1O[C@H]1CCC[C@H](c2nnn[nH]2)C1. The van der Waals surface area contributed by atoms with Crippen LogP contribution in [0.2, 0.25) is 0 Å². The summed E-state index contributed by atoms with van der Waals surface area (Å²) in [5, 5.41) is 22.8. The van der Waals surface area contributed by atoms with Gasteiger partial charge in [0.25, 0.3) is 0 Å². The second kappa shape index (κ2) is 10.8.